The maximum atomic E-state index is 5.49. The molecule has 2 nitrogen and oxygen atoms in total. The second kappa shape index (κ2) is 4.09. The summed E-state index contributed by atoms with van der Waals surface area (Å²) in [4.78, 5) is 4.15. The fourth-order valence-corrected chi connectivity index (χ4v) is 0.363. The molecular weight excluding hydrogens is 124 g/mol. The Morgan fingerprint density at radius 3 is 2.20 bits per heavy atom. The Kier molecular flexibility index (Phi) is 3.77. The highest BCUT2D eigenvalue weighted by molar-refractivity contribution is 5.61. The molecule has 2 N–H and O–H groups in total. The zero-order chi connectivity index (χ0) is 8.15. The molecule has 0 fully saturated rings. The zero-order valence-corrected chi connectivity index (χ0v) is 7.18. The van der Waals surface area contributed by atoms with Crippen LogP contribution < -0.4 is 5.73 Å². The van der Waals surface area contributed by atoms with Gasteiger partial charge in [0.05, 0.1) is 5.70 Å². The molecule has 0 aromatic carbocycles. The lowest BCUT2D eigenvalue weighted by molar-refractivity contribution is 0.903. The topological polar surface area (TPSA) is 38.4 Å². The molecule has 0 aliphatic carbocycles. The van der Waals surface area contributed by atoms with Crippen LogP contribution in [-0.4, -0.2) is 6.21 Å². The molecule has 10 heavy (non-hydrogen) atoms. The molecule has 0 unspecified atom stereocenters. The molecule has 0 radical (unpaired) electrons. The minimum Gasteiger partial charge on any atom is -0.401 e. The van der Waals surface area contributed by atoms with Gasteiger partial charge in [0.15, 0.2) is 0 Å². The van der Waals surface area contributed by atoms with E-state index in [0.717, 1.165) is 11.4 Å². The summed E-state index contributed by atoms with van der Waals surface area (Å²) < 4.78 is 0. The Labute approximate surface area is 62.8 Å². The van der Waals surface area contributed by atoms with Gasteiger partial charge in [0, 0.05) is 11.9 Å². The minimum atomic E-state index is 0.495. The third-order valence-corrected chi connectivity index (χ3v) is 1.14. The van der Waals surface area contributed by atoms with Crippen molar-refractivity contribution in [1.29, 1.82) is 0 Å². The van der Waals surface area contributed by atoms with Crippen molar-refractivity contribution < 1.29 is 0 Å². The highest BCUT2D eigenvalue weighted by Crippen LogP contribution is 1.98. The predicted octanol–water partition coefficient (Wildman–Crippen LogP) is 1.92. The first-order chi connectivity index (χ1) is 4.54. The Bertz CT molecular complexity index is 151. The highest BCUT2D eigenvalue weighted by atomic mass is 14.8. The summed E-state index contributed by atoms with van der Waals surface area (Å²) in [6.45, 7) is 7.94. The highest BCUT2D eigenvalue weighted by Gasteiger charge is 1.88. The number of aliphatic imine (C=N–C) groups is 1. The normalized spacial score (nSPS) is 14.5. The number of nitrogens with zero attached hydrogens (tertiary/aromatic N) is 1. The van der Waals surface area contributed by atoms with Crippen LogP contribution in [0.15, 0.2) is 16.4 Å². The van der Waals surface area contributed by atoms with Gasteiger partial charge in [-0.15, -0.1) is 0 Å². The smallest absolute Gasteiger partial charge is 0.0552 e. The van der Waals surface area contributed by atoms with Crippen LogP contribution in [0.25, 0.3) is 0 Å². The van der Waals surface area contributed by atoms with Crippen molar-refractivity contribution in [2.75, 3.05) is 0 Å². The van der Waals surface area contributed by atoms with Crippen LogP contribution in [0.3, 0.4) is 0 Å². The Morgan fingerprint density at radius 2 is 1.90 bits per heavy atom. The predicted molar refractivity (Wildman–Crippen MR) is 45.9 cm³/mol. The summed E-state index contributed by atoms with van der Waals surface area (Å²) >= 11 is 0. The van der Waals surface area contributed by atoms with Crippen LogP contribution in [0, 0.1) is 5.92 Å². The average molecular weight is 140 g/mol. The molecular formula is C8H16N2. The van der Waals surface area contributed by atoms with Crippen molar-refractivity contribution in [3.8, 4) is 0 Å². The molecule has 0 heterocycles. The summed E-state index contributed by atoms with van der Waals surface area (Å²) in [6, 6.07) is 0. The Morgan fingerprint density at radius 1 is 1.40 bits per heavy atom. The van der Waals surface area contributed by atoms with E-state index in [1.807, 2.05) is 20.1 Å². The van der Waals surface area contributed by atoms with E-state index in [9.17, 15) is 0 Å². The summed E-state index contributed by atoms with van der Waals surface area (Å²) in [6.07, 6.45) is 1.89. The number of hydrogen-bond donors (Lipinski definition) is 1. The van der Waals surface area contributed by atoms with E-state index in [2.05, 4.69) is 18.8 Å². The van der Waals surface area contributed by atoms with Gasteiger partial charge in [-0.2, -0.15) is 0 Å². The summed E-state index contributed by atoms with van der Waals surface area (Å²) in [7, 11) is 0. The first-order valence-corrected chi connectivity index (χ1v) is 3.51. The monoisotopic (exact) mass is 140 g/mol. The van der Waals surface area contributed by atoms with Gasteiger partial charge in [0.1, 0.15) is 0 Å². The number of allylic oxidation sites excluding steroid dienone is 2. The van der Waals surface area contributed by atoms with E-state index in [4.69, 9.17) is 5.73 Å². The first-order valence-electron chi connectivity index (χ1n) is 3.51. The maximum absolute atomic E-state index is 5.49. The lowest BCUT2D eigenvalue weighted by Gasteiger charge is -1.96. The van der Waals surface area contributed by atoms with Gasteiger partial charge in [0.2, 0.25) is 0 Å². The zero-order valence-electron chi connectivity index (χ0n) is 7.18. The molecule has 0 rings (SSSR count). The molecule has 2 heteroatoms. The number of rotatable bonds is 2. The summed E-state index contributed by atoms with van der Waals surface area (Å²) in [5, 5.41) is 0. The van der Waals surface area contributed by atoms with E-state index >= 15 is 0 Å². The van der Waals surface area contributed by atoms with Crippen LogP contribution in [0.4, 0.5) is 0 Å². The molecule has 0 aromatic heterocycles. The van der Waals surface area contributed by atoms with Crippen molar-refractivity contribution in [2.45, 2.75) is 27.7 Å². The Balaban J connectivity index is 4.03. The fourth-order valence-electron chi connectivity index (χ4n) is 0.363. The van der Waals surface area contributed by atoms with Crippen LogP contribution >= 0.6 is 0 Å². The molecule has 0 bridgehead atoms. The van der Waals surface area contributed by atoms with Gasteiger partial charge >= 0.3 is 0 Å². The molecule has 0 atom stereocenters. The SMILES string of the molecule is C/C(N)=C(\C)N=CC(C)C. The molecule has 0 saturated heterocycles. The van der Waals surface area contributed by atoms with Crippen LogP contribution in [0.1, 0.15) is 27.7 Å². The molecule has 58 valence electrons. The van der Waals surface area contributed by atoms with Gasteiger partial charge in [-0.1, -0.05) is 13.8 Å². The number of nitrogens with two attached hydrogens (primary N) is 1. The van der Waals surface area contributed by atoms with Crippen molar-refractivity contribution in [3.05, 3.63) is 11.4 Å². The van der Waals surface area contributed by atoms with E-state index < -0.39 is 0 Å². The average Bonchev–Trinajstić information content (AvgIpc) is 1.82. The molecule has 0 aromatic rings. The largest absolute Gasteiger partial charge is 0.401 e. The number of hydrogen-bond acceptors (Lipinski definition) is 2. The van der Waals surface area contributed by atoms with Crippen LogP contribution in [0.2, 0.25) is 0 Å². The second-order valence-corrected chi connectivity index (χ2v) is 2.79. The molecule has 0 amide bonds. The van der Waals surface area contributed by atoms with Gasteiger partial charge in [-0.3, -0.25) is 4.99 Å². The van der Waals surface area contributed by atoms with Crippen LogP contribution in [0.5, 0.6) is 0 Å². The van der Waals surface area contributed by atoms with Crippen LogP contribution in [-0.2, 0) is 0 Å². The van der Waals surface area contributed by atoms with E-state index in [0.29, 0.717) is 5.92 Å². The molecule has 0 saturated carbocycles. The second-order valence-electron chi connectivity index (χ2n) is 2.79. The van der Waals surface area contributed by atoms with Gasteiger partial charge < -0.3 is 5.73 Å². The molecule has 0 aliphatic rings. The van der Waals surface area contributed by atoms with E-state index in [1.165, 1.54) is 0 Å². The standard InChI is InChI=1S/C8H16N2/c1-6(2)5-10-8(4)7(3)9/h5-6H,9H2,1-4H3/b8-7-,10-5?. The van der Waals surface area contributed by atoms with Crippen molar-refractivity contribution in [1.82, 2.24) is 0 Å². The summed E-state index contributed by atoms with van der Waals surface area (Å²) in [5.41, 5.74) is 7.19. The lowest BCUT2D eigenvalue weighted by atomic mass is 10.2. The maximum Gasteiger partial charge on any atom is 0.0552 e. The first kappa shape index (κ1) is 9.21. The van der Waals surface area contributed by atoms with Crippen molar-refractivity contribution >= 4 is 6.21 Å². The Hall–Kier alpha value is -0.790. The van der Waals surface area contributed by atoms with Gasteiger partial charge in [-0.25, -0.2) is 0 Å². The lowest BCUT2D eigenvalue weighted by Crippen LogP contribution is -1.95. The van der Waals surface area contributed by atoms with E-state index in [1.54, 1.807) is 0 Å². The quantitative estimate of drug-likeness (QED) is 0.585. The summed E-state index contributed by atoms with van der Waals surface area (Å²) in [5.74, 6) is 0.495. The molecule has 0 spiro atoms. The van der Waals surface area contributed by atoms with E-state index in [-0.39, 0.29) is 0 Å². The minimum absolute atomic E-state index is 0.495. The fraction of sp³-hybridized carbons (Fsp3) is 0.625. The van der Waals surface area contributed by atoms with Crippen molar-refractivity contribution in [3.63, 3.8) is 0 Å². The van der Waals surface area contributed by atoms with Gasteiger partial charge in [-0.05, 0) is 19.8 Å². The third-order valence-electron chi connectivity index (χ3n) is 1.14. The van der Waals surface area contributed by atoms with Gasteiger partial charge in [0.25, 0.3) is 0 Å². The van der Waals surface area contributed by atoms with Crippen molar-refractivity contribution in [2.24, 2.45) is 16.6 Å². The third kappa shape index (κ3) is 4.13. The molecule has 0 aliphatic heterocycles.